The molecule has 0 aromatic carbocycles. The lowest BCUT2D eigenvalue weighted by Gasteiger charge is -2.02. The predicted octanol–water partition coefficient (Wildman–Crippen LogP) is 2.22. The average molecular weight is 352 g/mol. The number of aryl methyl sites for hydroxylation is 1. The van der Waals surface area contributed by atoms with Crippen molar-refractivity contribution in [3.05, 3.63) is 28.6 Å². The van der Waals surface area contributed by atoms with Gasteiger partial charge < -0.3 is 11.2 Å². The molecule has 0 unspecified atom stereocenters. The highest BCUT2D eigenvalue weighted by Gasteiger charge is 2.14. The molecule has 3 aromatic rings. The predicted molar refractivity (Wildman–Crippen MR) is 89.7 cm³/mol. The van der Waals surface area contributed by atoms with Crippen molar-refractivity contribution < 1.29 is 4.79 Å². The number of nitrogens with two attached hydrogens (primary N) is 1. The van der Waals surface area contributed by atoms with E-state index in [2.05, 4.69) is 20.5 Å². The Morgan fingerprint density at radius 2 is 2.32 bits per heavy atom. The minimum Gasteiger partial charge on any atom is -0.335 e. The van der Waals surface area contributed by atoms with Crippen LogP contribution in [0, 0.1) is 6.92 Å². The van der Waals surface area contributed by atoms with Gasteiger partial charge in [0.1, 0.15) is 0 Å². The standard InChI is InChI=1S/C12H12N6OS3/c1-7-5-21-11(14-7)15-9(19)6-22-12-17-16-10(18(12)13)8-3-2-4-20-8/h2-5H,6,13H2,1H3,(H,14,15,19). The van der Waals surface area contributed by atoms with E-state index in [1.165, 1.54) is 39.1 Å². The van der Waals surface area contributed by atoms with E-state index in [1.54, 1.807) is 0 Å². The second-order valence-corrected chi connectivity index (χ2v) is 7.03. The topological polar surface area (TPSA) is 98.7 Å². The molecule has 0 aliphatic heterocycles. The number of nitrogens with one attached hydrogen (secondary N) is 1. The molecular weight excluding hydrogens is 340 g/mol. The van der Waals surface area contributed by atoms with Crippen molar-refractivity contribution in [3.8, 4) is 10.7 Å². The van der Waals surface area contributed by atoms with E-state index in [0.29, 0.717) is 16.1 Å². The maximum absolute atomic E-state index is 11.9. The average Bonchev–Trinajstić information content (AvgIpc) is 3.19. The Kier molecular flexibility index (Phi) is 4.41. The van der Waals surface area contributed by atoms with Gasteiger partial charge in [0.25, 0.3) is 0 Å². The molecule has 0 aliphatic carbocycles. The largest absolute Gasteiger partial charge is 0.335 e. The zero-order valence-corrected chi connectivity index (χ0v) is 14.0. The van der Waals surface area contributed by atoms with Crippen LogP contribution < -0.4 is 11.2 Å². The molecule has 0 atom stereocenters. The molecular formula is C12H12N6OS3. The van der Waals surface area contributed by atoms with Crippen molar-refractivity contribution in [2.24, 2.45) is 0 Å². The number of hydrogen-bond acceptors (Lipinski definition) is 8. The summed E-state index contributed by atoms with van der Waals surface area (Å²) in [6, 6.07) is 3.84. The summed E-state index contributed by atoms with van der Waals surface area (Å²) in [5, 5.41) is 15.7. The van der Waals surface area contributed by atoms with Gasteiger partial charge in [0.05, 0.1) is 16.3 Å². The van der Waals surface area contributed by atoms with E-state index in [0.717, 1.165) is 10.6 Å². The van der Waals surface area contributed by atoms with Crippen molar-refractivity contribution >= 4 is 45.5 Å². The van der Waals surface area contributed by atoms with Crippen LogP contribution in [-0.2, 0) is 4.79 Å². The number of thioether (sulfide) groups is 1. The van der Waals surface area contributed by atoms with Crippen LogP contribution in [0.2, 0.25) is 0 Å². The molecule has 22 heavy (non-hydrogen) atoms. The van der Waals surface area contributed by atoms with Crippen LogP contribution >= 0.6 is 34.4 Å². The summed E-state index contributed by atoms with van der Waals surface area (Å²) in [5.74, 6) is 6.60. The molecule has 7 nitrogen and oxygen atoms in total. The van der Waals surface area contributed by atoms with Crippen LogP contribution in [0.25, 0.3) is 10.7 Å². The first-order valence-corrected chi connectivity index (χ1v) is 8.97. The summed E-state index contributed by atoms with van der Waals surface area (Å²) >= 11 is 4.16. The molecule has 1 amide bonds. The minimum absolute atomic E-state index is 0.153. The molecule has 3 rings (SSSR count). The summed E-state index contributed by atoms with van der Waals surface area (Å²) in [6.07, 6.45) is 0. The quantitative estimate of drug-likeness (QED) is 0.539. The van der Waals surface area contributed by atoms with Gasteiger partial charge in [0, 0.05) is 5.38 Å². The van der Waals surface area contributed by atoms with Crippen molar-refractivity contribution in [2.45, 2.75) is 12.1 Å². The molecule has 0 radical (unpaired) electrons. The SMILES string of the molecule is Cc1csc(NC(=O)CSc2nnc(-c3cccs3)n2N)n1. The zero-order valence-electron chi connectivity index (χ0n) is 11.5. The lowest BCUT2D eigenvalue weighted by atomic mass is 10.4. The van der Waals surface area contributed by atoms with E-state index in [4.69, 9.17) is 5.84 Å². The first kappa shape index (κ1) is 15.0. The lowest BCUT2D eigenvalue weighted by Crippen LogP contribution is -2.16. The highest BCUT2D eigenvalue weighted by atomic mass is 32.2. The number of nitrogen functional groups attached to an aromatic ring is 1. The van der Waals surface area contributed by atoms with Gasteiger partial charge in [-0.1, -0.05) is 17.8 Å². The van der Waals surface area contributed by atoms with Gasteiger partial charge in [-0.25, -0.2) is 9.66 Å². The molecule has 3 heterocycles. The smallest absolute Gasteiger partial charge is 0.236 e. The molecule has 0 spiro atoms. The number of thiazole rings is 1. The summed E-state index contributed by atoms with van der Waals surface area (Å²) < 4.78 is 1.40. The van der Waals surface area contributed by atoms with Crippen molar-refractivity contribution in [2.75, 3.05) is 16.9 Å². The minimum atomic E-state index is -0.153. The first-order chi connectivity index (χ1) is 10.6. The number of carbonyl (C=O) groups is 1. The van der Waals surface area contributed by atoms with E-state index >= 15 is 0 Å². The number of nitrogens with zero attached hydrogens (tertiary/aromatic N) is 4. The summed E-state index contributed by atoms with van der Waals surface area (Å²) in [5.41, 5.74) is 0.884. The normalized spacial score (nSPS) is 10.8. The molecule has 0 saturated carbocycles. The zero-order chi connectivity index (χ0) is 15.5. The summed E-state index contributed by atoms with van der Waals surface area (Å²) in [4.78, 5) is 17.0. The Labute approximate surface area is 138 Å². The fourth-order valence-electron chi connectivity index (χ4n) is 1.65. The Hall–Kier alpha value is -1.91. The highest BCUT2D eigenvalue weighted by Crippen LogP contribution is 2.25. The van der Waals surface area contributed by atoms with Gasteiger partial charge in [0.2, 0.25) is 11.1 Å². The molecule has 0 aliphatic rings. The number of anilines is 1. The van der Waals surface area contributed by atoms with Gasteiger partial charge >= 0.3 is 0 Å². The maximum Gasteiger partial charge on any atom is 0.236 e. The van der Waals surface area contributed by atoms with Gasteiger partial charge in [0.15, 0.2) is 11.0 Å². The van der Waals surface area contributed by atoms with E-state index in [9.17, 15) is 4.79 Å². The Bertz CT molecular complexity index is 779. The molecule has 0 fully saturated rings. The molecule has 0 saturated heterocycles. The van der Waals surface area contributed by atoms with Crippen LogP contribution in [0.15, 0.2) is 28.0 Å². The number of carbonyl (C=O) groups excluding carboxylic acids is 1. The second kappa shape index (κ2) is 6.46. The Morgan fingerprint density at radius 3 is 3.00 bits per heavy atom. The van der Waals surface area contributed by atoms with E-state index in [1.807, 2.05) is 29.8 Å². The number of hydrogen-bond donors (Lipinski definition) is 2. The first-order valence-electron chi connectivity index (χ1n) is 6.22. The highest BCUT2D eigenvalue weighted by molar-refractivity contribution is 7.99. The van der Waals surface area contributed by atoms with E-state index < -0.39 is 0 Å². The number of amides is 1. The Morgan fingerprint density at radius 1 is 1.45 bits per heavy atom. The molecule has 114 valence electrons. The number of thiophene rings is 1. The molecule has 0 bridgehead atoms. The summed E-state index contributed by atoms with van der Waals surface area (Å²) in [7, 11) is 0. The van der Waals surface area contributed by atoms with Gasteiger partial charge in [-0.15, -0.1) is 32.9 Å². The summed E-state index contributed by atoms with van der Waals surface area (Å²) in [6.45, 7) is 1.88. The van der Waals surface area contributed by atoms with Crippen molar-refractivity contribution in [3.63, 3.8) is 0 Å². The third kappa shape index (κ3) is 3.29. The van der Waals surface area contributed by atoms with Crippen LogP contribution in [0.3, 0.4) is 0 Å². The fourth-order valence-corrected chi connectivity index (χ4v) is 3.71. The molecule has 3 aromatic heterocycles. The third-order valence-corrected chi connectivity index (χ3v) is 5.29. The number of aromatic nitrogens is 4. The number of rotatable bonds is 5. The van der Waals surface area contributed by atoms with E-state index in [-0.39, 0.29) is 11.7 Å². The van der Waals surface area contributed by atoms with Crippen LogP contribution in [0.5, 0.6) is 0 Å². The molecule has 10 heteroatoms. The van der Waals surface area contributed by atoms with Gasteiger partial charge in [-0.2, -0.15) is 0 Å². The Balaban J connectivity index is 1.61. The van der Waals surface area contributed by atoms with Crippen LogP contribution in [-0.4, -0.2) is 31.5 Å². The van der Waals surface area contributed by atoms with Gasteiger partial charge in [-0.3, -0.25) is 4.79 Å². The van der Waals surface area contributed by atoms with Crippen LogP contribution in [0.4, 0.5) is 5.13 Å². The van der Waals surface area contributed by atoms with Gasteiger partial charge in [-0.05, 0) is 18.4 Å². The maximum atomic E-state index is 11.9. The lowest BCUT2D eigenvalue weighted by molar-refractivity contribution is -0.113. The van der Waals surface area contributed by atoms with Crippen LogP contribution in [0.1, 0.15) is 5.69 Å². The van der Waals surface area contributed by atoms with Crippen molar-refractivity contribution in [1.29, 1.82) is 0 Å². The molecule has 3 N–H and O–H groups in total. The monoisotopic (exact) mass is 352 g/mol. The second-order valence-electron chi connectivity index (χ2n) is 4.28. The van der Waals surface area contributed by atoms with Crippen molar-refractivity contribution in [1.82, 2.24) is 19.9 Å². The third-order valence-electron chi connectivity index (χ3n) is 2.60. The fraction of sp³-hybridized carbons (Fsp3) is 0.167.